The smallest absolute Gasteiger partial charge is 0.251 e. The van der Waals surface area contributed by atoms with Crippen molar-refractivity contribution in [1.82, 2.24) is 19.8 Å². The molecule has 0 bridgehead atoms. The van der Waals surface area contributed by atoms with Crippen LogP contribution in [-0.2, 0) is 4.79 Å². The molecule has 1 saturated heterocycles. The summed E-state index contributed by atoms with van der Waals surface area (Å²) in [6, 6.07) is 9.38. The molecule has 2 aromatic rings. The molecule has 1 unspecified atom stereocenters. The minimum atomic E-state index is -0.275. The van der Waals surface area contributed by atoms with Gasteiger partial charge in [-0.1, -0.05) is 24.3 Å². The maximum absolute atomic E-state index is 13.3. The summed E-state index contributed by atoms with van der Waals surface area (Å²) in [5.41, 5.74) is 2.92. The first-order chi connectivity index (χ1) is 12.9. The molecule has 1 atom stereocenters. The Balaban J connectivity index is 1.73. The zero-order valence-electron chi connectivity index (χ0n) is 16.5. The Morgan fingerprint density at radius 2 is 1.89 bits per heavy atom. The summed E-state index contributed by atoms with van der Waals surface area (Å²) in [6.45, 7) is 5.22. The lowest BCUT2D eigenvalue weighted by molar-refractivity contribution is -0.137. The van der Waals surface area contributed by atoms with Gasteiger partial charge in [0.25, 0.3) is 5.56 Å². The van der Waals surface area contributed by atoms with Crippen LogP contribution in [0.3, 0.4) is 0 Å². The predicted molar refractivity (Wildman–Crippen MR) is 106 cm³/mol. The molecule has 144 valence electrons. The van der Waals surface area contributed by atoms with E-state index < -0.39 is 0 Å². The summed E-state index contributed by atoms with van der Waals surface area (Å²) >= 11 is 0. The molecule has 1 aliphatic heterocycles. The highest BCUT2D eigenvalue weighted by atomic mass is 16.2. The van der Waals surface area contributed by atoms with Crippen LogP contribution in [-0.4, -0.2) is 52.9 Å². The van der Waals surface area contributed by atoms with Gasteiger partial charge in [-0.3, -0.25) is 14.5 Å². The number of benzene rings is 1. The number of H-pyrrole nitrogens is 1. The van der Waals surface area contributed by atoms with Crippen molar-refractivity contribution in [3.63, 3.8) is 0 Å². The average molecular weight is 368 g/mol. The number of nitrogens with one attached hydrogen (secondary N) is 1. The molecule has 2 heterocycles. The number of amides is 1. The van der Waals surface area contributed by atoms with Crippen LogP contribution in [0.15, 0.2) is 35.1 Å². The second-order valence-corrected chi connectivity index (χ2v) is 7.58. The number of hydrogen-bond donors (Lipinski definition) is 1. The highest BCUT2D eigenvalue weighted by Gasteiger charge is 2.32. The maximum atomic E-state index is 13.3. The van der Waals surface area contributed by atoms with Crippen LogP contribution in [0.1, 0.15) is 47.4 Å². The Bertz CT molecular complexity index is 866. The number of aryl methyl sites for hydroxylation is 2. The number of carbonyl (C=O) groups excluding carboxylic acids is 1. The molecular formula is C21H28N4O2. The SMILES string of the molecule is Cc1nc(C2CCN(C(=O)C(c3ccccc3C)N(C)C)CC2)cc(=O)[nH]1. The van der Waals surface area contributed by atoms with Gasteiger partial charge in [-0.15, -0.1) is 0 Å². The highest BCUT2D eigenvalue weighted by molar-refractivity contribution is 5.83. The minimum absolute atomic E-state index is 0.108. The number of aromatic amines is 1. The number of likely N-dealkylation sites (tertiary alicyclic amines) is 1. The van der Waals surface area contributed by atoms with E-state index in [0.717, 1.165) is 29.7 Å². The summed E-state index contributed by atoms with van der Waals surface area (Å²) < 4.78 is 0. The molecule has 27 heavy (non-hydrogen) atoms. The van der Waals surface area contributed by atoms with Crippen molar-refractivity contribution in [2.45, 2.75) is 38.6 Å². The van der Waals surface area contributed by atoms with E-state index >= 15 is 0 Å². The lowest BCUT2D eigenvalue weighted by atomic mass is 9.92. The lowest BCUT2D eigenvalue weighted by Gasteiger charge is -2.36. The van der Waals surface area contributed by atoms with Gasteiger partial charge in [0, 0.05) is 25.1 Å². The van der Waals surface area contributed by atoms with Gasteiger partial charge < -0.3 is 9.88 Å². The van der Waals surface area contributed by atoms with Gasteiger partial charge in [0.15, 0.2) is 0 Å². The van der Waals surface area contributed by atoms with Gasteiger partial charge in [0.1, 0.15) is 11.9 Å². The van der Waals surface area contributed by atoms with Gasteiger partial charge in [0.05, 0.1) is 5.69 Å². The first kappa shape index (κ1) is 19.3. The van der Waals surface area contributed by atoms with E-state index in [1.54, 1.807) is 13.0 Å². The van der Waals surface area contributed by atoms with Crippen molar-refractivity contribution in [3.05, 3.63) is 63.3 Å². The normalized spacial score (nSPS) is 16.6. The van der Waals surface area contributed by atoms with E-state index in [2.05, 4.69) is 9.97 Å². The number of hydrogen-bond acceptors (Lipinski definition) is 4. The summed E-state index contributed by atoms with van der Waals surface area (Å²) in [7, 11) is 3.90. The molecule has 0 saturated carbocycles. The van der Waals surface area contributed by atoms with Gasteiger partial charge in [0.2, 0.25) is 5.91 Å². The Labute approximate surface area is 160 Å². The molecule has 1 aliphatic rings. The minimum Gasteiger partial charge on any atom is -0.341 e. The number of aromatic nitrogens is 2. The average Bonchev–Trinajstić information content (AvgIpc) is 2.62. The van der Waals surface area contributed by atoms with E-state index in [-0.39, 0.29) is 23.4 Å². The molecule has 1 aromatic carbocycles. The predicted octanol–water partition coefficient (Wildman–Crippen LogP) is 2.40. The topological polar surface area (TPSA) is 69.3 Å². The van der Waals surface area contributed by atoms with Crippen molar-refractivity contribution in [2.24, 2.45) is 0 Å². The molecule has 6 nitrogen and oxygen atoms in total. The summed E-state index contributed by atoms with van der Waals surface area (Å²) in [4.78, 5) is 36.1. The van der Waals surface area contributed by atoms with Crippen molar-refractivity contribution < 1.29 is 4.79 Å². The number of likely N-dealkylation sites (N-methyl/N-ethyl adjacent to an activating group) is 1. The van der Waals surface area contributed by atoms with Crippen LogP contribution in [0.25, 0.3) is 0 Å². The van der Waals surface area contributed by atoms with Crippen LogP contribution >= 0.6 is 0 Å². The fourth-order valence-electron chi connectivity index (χ4n) is 3.91. The quantitative estimate of drug-likeness (QED) is 0.900. The van der Waals surface area contributed by atoms with Gasteiger partial charge >= 0.3 is 0 Å². The first-order valence-electron chi connectivity index (χ1n) is 9.45. The molecule has 1 aromatic heterocycles. The van der Waals surface area contributed by atoms with Crippen LogP contribution in [0.4, 0.5) is 0 Å². The Kier molecular flexibility index (Phi) is 5.75. The van der Waals surface area contributed by atoms with E-state index in [9.17, 15) is 9.59 Å². The molecule has 1 N–H and O–H groups in total. The monoisotopic (exact) mass is 368 g/mol. The number of carbonyl (C=O) groups is 1. The number of rotatable bonds is 4. The molecule has 0 aliphatic carbocycles. The third kappa shape index (κ3) is 4.27. The fraction of sp³-hybridized carbons (Fsp3) is 0.476. The van der Waals surface area contributed by atoms with Gasteiger partial charge in [-0.25, -0.2) is 4.98 Å². The fourth-order valence-corrected chi connectivity index (χ4v) is 3.91. The highest BCUT2D eigenvalue weighted by Crippen LogP contribution is 2.30. The zero-order valence-corrected chi connectivity index (χ0v) is 16.5. The second-order valence-electron chi connectivity index (χ2n) is 7.58. The Hall–Kier alpha value is -2.47. The largest absolute Gasteiger partial charge is 0.341 e. The molecular weight excluding hydrogens is 340 g/mol. The standard InChI is InChI=1S/C21H28N4O2/c1-14-7-5-6-8-17(14)20(24(3)4)21(27)25-11-9-16(10-12-25)18-13-19(26)23-15(2)22-18/h5-8,13,16,20H,9-12H2,1-4H3,(H,22,23,26). The summed E-state index contributed by atoms with van der Waals surface area (Å²) in [5.74, 6) is 1.01. The van der Waals surface area contributed by atoms with E-state index in [1.807, 2.05) is 55.1 Å². The van der Waals surface area contributed by atoms with Gasteiger partial charge in [-0.2, -0.15) is 0 Å². The molecule has 0 spiro atoms. The Morgan fingerprint density at radius 1 is 1.22 bits per heavy atom. The maximum Gasteiger partial charge on any atom is 0.251 e. The first-order valence-corrected chi connectivity index (χ1v) is 9.45. The molecule has 1 amide bonds. The second kappa shape index (κ2) is 8.05. The third-order valence-corrected chi connectivity index (χ3v) is 5.34. The van der Waals surface area contributed by atoms with Gasteiger partial charge in [-0.05, 0) is 51.9 Å². The summed E-state index contributed by atoms with van der Waals surface area (Å²) in [6.07, 6.45) is 1.66. The van der Waals surface area contributed by atoms with Crippen molar-refractivity contribution >= 4 is 5.91 Å². The van der Waals surface area contributed by atoms with Crippen molar-refractivity contribution in [1.29, 1.82) is 0 Å². The van der Waals surface area contributed by atoms with Crippen LogP contribution in [0.5, 0.6) is 0 Å². The molecule has 6 heteroatoms. The molecule has 1 fully saturated rings. The van der Waals surface area contributed by atoms with Crippen LogP contribution in [0.2, 0.25) is 0 Å². The van der Waals surface area contributed by atoms with E-state index in [1.165, 1.54) is 0 Å². The van der Waals surface area contributed by atoms with E-state index in [4.69, 9.17) is 0 Å². The molecule has 0 radical (unpaired) electrons. The van der Waals surface area contributed by atoms with Crippen LogP contribution < -0.4 is 5.56 Å². The number of nitrogens with zero attached hydrogens (tertiary/aromatic N) is 3. The van der Waals surface area contributed by atoms with Crippen molar-refractivity contribution in [3.8, 4) is 0 Å². The third-order valence-electron chi connectivity index (χ3n) is 5.34. The Morgan fingerprint density at radius 3 is 2.48 bits per heavy atom. The molecule has 3 rings (SSSR count). The van der Waals surface area contributed by atoms with Crippen molar-refractivity contribution in [2.75, 3.05) is 27.2 Å². The number of piperidine rings is 1. The lowest BCUT2D eigenvalue weighted by Crippen LogP contribution is -2.44. The zero-order chi connectivity index (χ0) is 19.6. The summed E-state index contributed by atoms with van der Waals surface area (Å²) in [5, 5.41) is 0. The van der Waals surface area contributed by atoms with E-state index in [0.29, 0.717) is 18.9 Å². The van der Waals surface area contributed by atoms with Crippen LogP contribution in [0, 0.1) is 13.8 Å².